The second-order valence-corrected chi connectivity index (χ2v) is 13.1. The van der Waals surface area contributed by atoms with E-state index in [4.69, 9.17) is 11.6 Å². The molecule has 0 aliphatic carbocycles. The summed E-state index contributed by atoms with van der Waals surface area (Å²) in [5, 5.41) is 3.16. The number of rotatable bonds is 6. The van der Waals surface area contributed by atoms with E-state index < -0.39 is 32.5 Å². The molecule has 5 rings (SSSR count). The zero-order valence-corrected chi connectivity index (χ0v) is 23.4. The van der Waals surface area contributed by atoms with Gasteiger partial charge in [-0.15, -0.1) is 0 Å². The first-order valence-corrected chi connectivity index (χ1v) is 15.2. The predicted molar refractivity (Wildman–Crippen MR) is 153 cm³/mol. The largest absolute Gasteiger partial charge is 0.325 e. The van der Waals surface area contributed by atoms with Crippen molar-refractivity contribution in [2.75, 3.05) is 20.9 Å². The second kappa shape index (κ2) is 10.0. The maximum absolute atomic E-state index is 13.5. The molecule has 8 nitrogen and oxygen atoms in total. The van der Waals surface area contributed by atoms with Crippen LogP contribution in [0.5, 0.6) is 0 Å². The number of hydrogen-bond acceptors (Lipinski definition) is 5. The Morgan fingerprint density at radius 1 is 0.897 bits per heavy atom. The Balaban J connectivity index is 1.35. The van der Waals surface area contributed by atoms with Crippen molar-refractivity contribution in [3.63, 3.8) is 0 Å². The van der Waals surface area contributed by atoms with Crippen molar-refractivity contribution < 1.29 is 21.6 Å². The minimum Gasteiger partial charge on any atom is -0.325 e. The standard InChI is InChI=1S/C28H24ClN3O5S2/c1-18-7-14-26-24(15-18)23-5-3-4-6-27(23)39(36,37)32(26)17-28(33)30-21-9-11-22(12-10-21)38(34,35)31-25-13-8-20(29)16-19(25)2/h3-16,31H,17H2,1-2H3,(H,30,33). The number of nitrogens with one attached hydrogen (secondary N) is 2. The van der Waals surface area contributed by atoms with Gasteiger partial charge in [-0.05, 0) is 80.1 Å². The van der Waals surface area contributed by atoms with E-state index in [0.717, 1.165) is 15.4 Å². The van der Waals surface area contributed by atoms with E-state index in [2.05, 4.69) is 10.0 Å². The molecule has 1 aliphatic heterocycles. The van der Waals surface area contributed by atoms with E-state index >= 15 is 0 Å². The SMILES string of the molecule is Cc1ccc2c(c1)-c1ccccc1S(=O)(=O)N2CC(=O)Nc1ccc(S(=O)(=O)Nc2ccc(Cl)cc2C)cc1. The van der Waals surface area contributed by atoms with Crippen molar-refractivity contribution in [2.45, 2.75) is 23.6 Å². The summed E-state index contributed by atoms with van der Waals surface area (Å²) >= 11 is 5.95. The molecule has 0 aromatic heterocycles. The van der Waals surface area contributed by atoms with Gasteiger partial charge in [0.25, 0.3) is 20.0 Å². The van der Waals surface area contributed by atoms with Crippen molar-refractivity contribution in [3.05, 3.63) is 101 Å². The van der Waals surface area contributed by atoms with Crippen molar-refractivity contribution >= 4 is 54.6 Å². The molecule has 0 radical (unpaired) electrons. The van der Waals surface area contributed by atoms with Gasteiger partial charge in [0.1, 0.15) is 6.54 Å². The van der Waals surface area contributed by atoms with Gasteiger partial charge in [0.15, 0.2) is 0 Å². The summed E-state index contributed by atoms with van der Waals surface area (Å²) < 4.78 is 56.2. The molecule has 1 aliphatic rings. The van der Waals surface area contributed by atoms with Crippen LogP contribution in [0.3, 0.4) is 0 Å². The monoisotopic (exact) mass is 581 g/mol. The molecule has 39 heavy (non-hydrogen) atoms. The van der Waals surface area contributed by atoms with Crippen LogP contribution in [0.4, 0.5) is 17.1 Å². The zero-order chi connectivity index (χ0) is 27.9. The Bertz CT molecular complexity index is 1820. The van der Waals surface area contributed by atoms with Gasteiger partial charge in [-0.25, -0.2) is 16.8 Å². The molecule has 1 heterocycles. The van der Waals surface area contributed by atoms with Gasteiger partial charge in [-0.2, -0.15) is 0 Å². The Morgan fingerprint density at radius 2 is 1.62 bits per heavy atom. The minimum atomic E-state index is -3.98. The van der Waals surface area contributed by atoms with Crippen LogP contribution in [0.2, 0.25) is 5.02 Å². The van der Waals surface area contributed by atoms with E-state index in [1.165, 1.54) is 30.3 Å². The van der Waals surface area contributed by atoms with Crippen LogP contribution in [0.25, 0.3) is 11.1 Å². The third-order valence-electron chi connectivity index (χ3n) is 6.33. The minimum absolute atomic E-state index is 0.00522. The molecule has 0 saturated carbocycles. The molecule has 0 spiro atoms. The van der Waals surface area contributed by atoms with Crippen LogP contribution in [-0.2, 0) is 24.8 Å². The van der Waals surface area contributed by atoms with Crippen molar-refractivity contribution in [1.29, 1.82) is 0 Å². The Kier molecular flexibility index (Phi) is 6.88. The van der Waals surface area contributed by atoms with Gasteiger partial charge in [0, 0.05) is 21.8 Å². The van der Waals surface area contributed by atoms with Gasteiger partial charge in [-0.1, -0.05) is 41.4 Å². The third-order valence-corrected chi connectivity index (χ3v) is 9.77. The van der Waals surface area contributed by atoms with Crippen molar-refractivity contribution in [3.8, 4) is 11.1 Å². The van der Waals surface area contributed by atoms with Crippen molar-refractivity contribution in [2.24, 2.45) is 0 Å². The fraction of sp³-hybridized carbons (Fsp3) is 0.107. The van der Waals surface area contributed by atoms with Gasteiger partial charge >= 0.3 is 0 Å². The summed E-state index contributed by atoms with van der Waals surface area (Å²) in [5.41, 5.74) is 4.08. The molecule has 0 bridgehead atoms. The Labute approximate surface area is 232 Å². The lowest BCUT2D eigenvalue weighted by Gasteiger charge is -2.31. The maximum atomic E-state index is 13.5. The molecular weight excluding hydrogens is 558 g/mol. The van der Waals surface area contributed by atoms with Crippen LogP contribution in [0.15, 0.2) is 94.7 Å². The predicted octanol–water partition coefficient (Wildman–Crippen LogP) is 5.57. The summed E-state index contributed by atoms with van der Waals surface area (Å²) in [6.07, 6.45) is 0. The quantitative estimate of drug-likeness (QED) is 0.309. The van der Waals surface area contributed by atoms with Crippen LogP contribution >= 0.6 is 11.6 Å². The van der Waals surface area contributed by atoms with E-state index in [1.807, 2.05) is 13.0 Å². The first-order chi connectivity index (χ1) is 18.5. The number of benzene rings is 4. The molecule has 0 fully saturated rings. The molecule has 11 heteroatoms. The van der Waals surface area contributed by atoms with E-state index in [9.17, 15) is 21.6 Å². The number of anilines is 3. The highest BCUT2D eigenvalue weighted by Crippen LogP contribution is 2.43. The Hall–Kier alpha value is -3.86. The summed E-state index contributed by atoms with van der Waals surface area (Å²) in [7, 11) is -7.87. The van der Waals surface area contributed by atoms with Crippen LogP contribution in [-0.4, -0.2) is 29.3 Å². The molecular formula is C28H24ClN3O5S2. The zero-order valence-electron chi connectivity index (χ0n) is 21.0. The van der Waals surface area contributed by atoms with Crippen LogP contribution < -0.4 is 14.3 Å². The molecule has 0 atom stereocenters. The number of nitrogens with zero attached hydrogens (tertiary/aromatic N) is 1. The molecule has 0 unspecified atom stereocenters. The highest BCUT2D eigenvalue weighted by molar-refractivity contribution is 7.93. The fourth-order valence-corrected chi connectivity index (χ4v) is 7.42. The summed E-state index contributed by atoms with van der Waals surface area (Å²) in [5.74, 6) is -0.574. The second-order valence-electron chi connectivity index (χ2n) is 9.17. The van der Waals surface area contributed by atoms with Crippen LogP contribution in [0.1, 0.15) is 11.1 Å². The highest BCUT2D eigenvalue weighted by Gasteiger charge is 2.35. The van der Waals surface area contributed by atoms with Gasteiger partial charge in [-0.3, -0.25) is 13.8 Å². The van der Waals surface area contributed by atoms with Gasteiger partial charge in [0.2, 0.25) is 5.91 Å². The van der Waals surface area contributed by atoms with E-state index in [1.54, 1.807) is 55.5 Å². The smallest absolute Gasteiger partial charge is 0.265 e. The number of carbonyl (C=O) groups is 1. The lowest BCUT2D eigenvalue weighted by Crippen LogP contribution is -2.40. The normalized spacial score (nSPS) is 13.8. The average Bonchev–Trinajstić information content (AvgIpc) is 2.89. The molecule has 1 amide bonds. The van der Waals surface area contributed by atoms with E-state index in [0.29, 0.717) is 33.2 Å². The average molecular weight is 582 g/mol. The van der Waals surface area contributed by atoms with Gasteiger partial charge in [0.05, 0.1) is 21.2 Å². The number of aryl methyl sites for hydroxylation is 2. The number of sulfonamides is 2. The fourth-order valence-electron chi connectivity index (χ4n) is 4.41. The number of amides is 1. The topological polar surface area (TPSA) is 113 Å². The lowest BCUT2D eigenvalue weighted by molar-refractivity contribution is -0.114. The van der Waals surface area contributed by atoms with E-state index in [-0.39, 0.29) is 9.79 Å². The third kappa shape index (κ3) is 5.23. The summed E-state index contributed by atoms with van der Waals surface area (Å²) in [6, 6.07) is 22.5. The number of fused-ring (bicyclic) bond motifs is 3. The number of carbonyl (C=O) groups excluding carboxylic acids is 1. The van der Waals surface area contributed by atoms with Crippen molar-refractivity contribution in [1.82, 2.24) is 0 Å². The summed E-state index contributed by atoms with van der Waals surface area (Å²) in [4.78, 5) is 13.1. The number of halogens is 1. The van der Waals surface area contributed by atoms with Gasteiger partial charge < -0.3 is 5.32 Å². The lowest BCUT2D eigenvalue weighted by atomic mass is 10.0. The summed E-state index contributed by atoms with van der Waals surface area (Å²) in [6.45, 7) is 3.20. The molecule has 4 aromatic rings. The maximum Gasteiger partial charge on any atom is 0.265 e. The molecule has 4 aromatic carbocycles. The highest BCUT2D eigenvalue weighted by atomic mass is 35.5. The first kappa shape index (κ1) is 26.7. The molecule has 0 saturated heterocycles. The van der Waals surface area contributed by atoms with Crippen LogP contribution in [0, 0.1) is 13.8 Å². The number of hydrogen-bond donors (Lipinski definition) is 2. The molecule has 2 N–H and O–H groups in total. The molecule has 200 valence electrons. The first-order valence-electron chi connectivity index (χ1n) is 11.9. The Morgan fingerprint density at radius 3 is 2.33 bits per heavy atom.